The SMILES string of the molecule is O=C(O)c1ccc(CNC(=O)N2CCC(C(F)(F)F)CC2)cc1. The lowest BCUT2D eigenvalue weighted by molar-refractivity contribution is -0.183. The summed E-state index contributed by atoms with van der Waals surface area (Å²) in [5.41, 5.74) is 0.864. The van der Waals surface area contributed by atoms with Gasteiger partial charge in [-0.25, -0.2) is 9.59 Å². The molecule has 1 fully saturated rings. The molecule has 0 unspecified atom stereocenters. The fourth-order valence-electron chi connectivity index (χ4n) is 2.46. The maximum Gasteiger partial charge on any atom is 0.391 e. The zero-order valence-electron chi connectivity index (χ0n) is 12.3. The molecule has 8 heteroatoms. The second-order valence-electron chi connectivity index (χ2n) is 5.46. The number of urea groups is 1. The van der Waals surface area contributed by atoms with Gasteiger partial charge in [0.05, 0.1) is 11.5 Å². The standard InChI is InChI=1S/C15H17F3N2O3/c16-15(17,18)12-5-7-20(8-6-12)14(23)19-9-10-1-3-11(4-2-10)13(21)22/h1-4,12H,5-9H2,(H,19,23)(H,21,22). The average Bonchev–Trinajstić information content (AvgIpc) is 2.52. The predicted molar refractivity (Wildman–Crippen MR) is 76.0 cm³/mol. The molecule has 1 saturated heterocycles. The average molecular weight is 330 g/mol. The quantitative estimate of drug-likeness (QED) is 0.895. The van der Waals surface area contributed by atoms with E-state index in [9.17, 15) is 22.8 Å². The summed E-state index contributed by atoms with van der Waals surface area (Å²) in [5.74, 6) is -2.37. The van der Waals surface area contributed by atoms with Gasteiger partial charge in [-0.3, -0.25) is 0 Å². The van der Waals surface area contributed by atoms with E-state index in [1.165, 1.54) is 17.0 Å². The minimum atomic E-state index is -4.20. The Bertz CT molecular complexity index is 564. The van der Waals surface area contributed by atoms with Crippen LogP contribution in [0.4, 0.5) is 18.0 Å². The molecular formula is C15H17F3N2O3. The van der Waals surface area contributed by atoms with Gasteiger partial charge in [0, 0.05) is 19.6 Å². The van der Waals surface area contributed by atoms with E-state index >= 15 is 0 Å². The summed E-state index contributed by atoms with van der Waals surface area (Å²) < 4.78 is 37.7. The van der Waals surface area contributed by atoms with Crippen LogP contribution in [0.1, 0.15) is 28.8 Å². The maximum atomic E-state index is 12.6. The Hall–Kier alpha value is -2.25. The van der Waals surface area contributed by atoms with Crippen LogP contribution in [-0.2, 0) is 6.54 Å². The number of nitrogens with zero attached hydrogens (tertiary/aromatic N) is 1. The van der Waals surface area contributed by atoms with Crippen molar-refractivity contribution >= 4 is 12.0 Å². The van der Waals surface area contributed by atoms with Gasteiger partial charge in [0.15, 0.2) is 0 Å². The third-order valence-electron chi connectivity index (χ3n) is 3.89. The summed E-state index contributed by atoms with van der Waals surface area (Å²) in [5, 5.41) is 11.4. The summed E-state index contributed by atoms with van der Waals surface area (Å²) in [6, 6.07) is 5.62. The van der Waals surface area contributed by atoms with Gasteiger partial charge >= 0.3 is 18.2 Å². The van der Waals surface area contributed by atoms with E-state index in [4.69, 9.17) is 5.11 Å². The minimum Gasteiger partial charge on any atom is -0.478 e. The maximum absolute atomic E-state index is 12.6. The molecule has 1 aromatic rings. The molecule has 0 radical (unpaired) electrons. The number of hydrogen-bond acceptors (Lipinski definition) is 2. The monoisotopic (exact) mass is 330 g/mol. The van der Waals surface area contributed by atoms with Crippen molar-refractivity contribution in [2.75, 3.05) is 13.1 Å². The molecule has 0 saturated carbocycles. The number of carbonyl (C=O) groups excluding carboxylic acids is 1. The number of amides is 2. The van der Waals surface area contributed by atoms with E-state index in [1.807, 2.05) is 0 Å². The molecular weight excluding hydrogens is 313 g/mol. The van der Waals surface area contributed by atoms with Crippen LogP contribution in [0.2, 0.25) is 0 Å². The Kier molecular flexibility index (Phi) is 5.12. The molecule has 2 amide bonds. The number of nitrogens with one attached hydrogen (secondary N) is 1. The molecule has 1 aliphatic rings. The van der Waals surface area contributed by atoms with Gasteiger partial charge in [0.25, 0.3) is 0 Å². The van der Waals surface area contributed by atoms with Crippen molar-refractivity contribution in [1.29, 1.82) is 0 Å². The number of benzene rings is 1. The Balaban J connectivity index is 1.80. The van der Waals surface area contributed by atoms with E-state index in [2.05, 4.69) is 5.32 Å². The minimum absolute atomic E-state index is 0.0773. The Morgan fingerprint density at radius 2 is 1.74 bits per heavy atom. The largest absolute Gasteiger partial charge is 0.478 e. The number of piperidine rings is 1. The number of carboxylic acids is 1. The third kappa shape index (κ3) is 4.61. The van der Waals surface area contributed by atoms with Gasteiger partial charge in [0.1, 0.15) is 0 Å². The molecule has 126 valence electrons. The summed E-state index contributed by atoms with van der Waals surface area (Å²) in [4.78, 5) is 24.0. The van der Waals surface area contributed by atoms with E-state index in [0.29, 0.717) is 5.56 Å². The molecule has 2 N–H and O–H groups in total. The van der Waals surface area contributed by atoms with Crippen molar-refractivity contribution < 1.29 is 27.9 Å². The number of carbonyl (C=O) groups is 2. The van der Waals surface area contributed by atoms with Gasteiger partial charge in [-0.15, -0.1) is 0 Å². The molecule has 1 aromatic carbocycles. The van der Waals surface area contributed by atoms with E-state index < -0.39 is 24.1 Å². The number of alkyl halides is 3. The third-order valence-corrected chi connectivity index (χ3v) is 3.89. The lowest BCUT2D eigenvalue weighted by Crippen LogP contribution is -2.46. The summed E-state index contributed by atoms with van der Waals surface area (Å²) in [6.45, 7) is 0.347. The fraction of sp³-hybridized carbons (Fsp3) is 0.467. The molecule has 23 heavy (non-hydrogen) atoms. The number of carboxylic acid groups (broad SMARTS) is 1. The Morgan fingerprint density at radius 3 is 2.22 bits per heavy atom. The van der Waals surface area contributed by atoms with Gasteiger partial charge in [-0.05, 0) is 30.5 Å². The highest BCUT2D eigenvalue weighted by Crippen LogP contribution is 2.34. The van der Waals surface area contributed by atoms with Gasteiger partial charge < -0.3 is 15.3 Å². The van der Waals surface area contributed by atoms with Crippen molar-refractivity contribution in [3.05, 3.63) is 35.4 Å². The van der Waals surface area contributed by atoms with Gasteiger partial charge in [-0.2, -0.15) is 13.2 Å². The predicted octanol–water partition coefficient (Wildman–Crippen LogP) is 2.87. The Morgan fingerprint density at radius 1 is 1.17 bits per heavy atom. The molecule has 1 aliphatic heterocycles. The number of rotatable bonds is 3. The van der Waals surface area contributed by atoms with E-state index in [1.54, 1.807) is 12.1 Å². The first-order valence-electron chi connectivity index (χ1n) is 7.19. The normalized spacial score (nSPS) is 16.2. The van der Waals surface area contributed by atoms with Crippen molar-refractivity contribution in [3.63, 3.8) is 0 Å². The van der Waals surface area contributed by atoms with Crippen molar-refractivity contribution in [2.24, 2.45) is 5.92 Å². The molecule has 0 aromatic heterocycles. The van der Waals surface area contributed by atoms with Crippen LogP contribution in [0.25, 0.3) is 0 Å². The first-order chi connectivity index (χ1) is 10.8. The van der Waals surface area contributed by atoms with Crippen LogP contribution in [0.15, 0.2) is 24.3 Å². The highest BCUT2D eigenvalue weighted by Gasteiger charge is 2.41. The molecule has 0 atom stereocenters. The topological polar surface area (TPSA) is 69.6 Å². The van der Waals surface area contributed by atoms with E-state index in [-0.39, 0.29) is 38.0 Å². The van der Waals surface area contributed by atoms with E-state index in [0.717, 1.165) is 0 Å². The Labute approximate surface area is 131 Å². The molecule has 0 bridgehead atoms. The van der Waals surface area contributed by atoms with Crippen LogP contribution in [0.5, 0.6) is 0 Å². The lowest BCUT2D eigenvalue weighted by atomic mass is 9.96. The summed E-state index contributed by atoms with van der Waals surface area (Å²) in [7, 11) is 0. The highest BCUT2D eigenvalue weighted by atomic mass is 19.4. The van der Waals surface area contributed by atoms with Crippen LogP contribution in [0, 0.1) is 5.92 Å². The summed E-state index contributed by atoms with van der Waals surface area (Å²) >= 11 is 0. The number of hydrogen-bond donors (Lipinski definition) is 2. The number of aromatic carboxylic acids is 1. The zero-order valence-corrected chi connectivity index (χ0v) is 12.3. The first-order valence-corrected chi connectivity index (χ1v) is 7.19. The van der Waals surface area contributed by atoms with Crippen LogP contribution < -0.4 is 5.32 Å². The fourth-order valence-corrected chi connectivity index (χ4v) is 2.46. The van der Waals surface area contributed by atoms with Crippen LogP contribution in [-0.4, -0.2) is 41.3 Å². The van der Waals surface area contributed by atoms with Crippen LogP contribution in [0.3, 0.4) is 0 Å². The molecule has 0 spiro atoms. The summed E-state index contributed by atoms with van der Waals surface area (Å²) in [6.07, 6.45) is -4.36. The highest BCUT2D eigenvalue weighted by molar-refractivity contribution is 5.87. The number of halogens is 3. The molecule has 0 aliphatic carbocycles. The van der Waals surface area contributed by atoms with Crippen molar-refractivity contribution in [2.45, 2.75) is 25.6 Å². The van der Waals surface area contributed by atoms with Crippen molar-refractivity contribution in [1.82, 2.24) is 10.2 Å². The zero-order chi connectivity index (χ0) is 17.0. The smallest absolute Gasteiger partial charge is 0.391 e. The first kappa shape index (κ1) is 17.1. The van der Waals surface area contributed by atoms with Gasteiger partial charge in [0.2, 0.25) is 0 Å². The van der Waals surface area contributed by atoms with Gasteiger partial charge in [-0.1, -0.05) is 12.1 Å². The second kappa shape index (κ2) is 6.89. The second-order valence-corrected chi connectivity index (χ2v) is 5.46. The molecule has 1 heterocycles. The molecule has 5 nitrogen and oxygen atoms in total. The van der Waals surface area contributed by atoms with Crippen molar-refractivity contribution in [3.8, 4) is 0 Å². The molecule has 2 rings (SSSR count). The lowest BCUT2D eigenvalue weighted by Gasteiger charge is -2.32. The number of likely N-dealkylation sites (tertiary alicyclic amines) is 1. The van der Waals surface area contributed by atoms with Crippen LogP contribution >= 0.6 is 0 Å².